The van der Waals surface area contributed by atoms with Gasteiger partial charge in [-0.2, -0.15) is 0 Å². The summed E-state index contributed by atoms with van der Waals surface area (Å²) in [5.41, 5.74) is 0.985. The molecule has 1 atom stereocenters. The summed E-state index contributed by atoms with van der Waals surface area (Å²) in [6.07, 6.45) is 5.45. The van der Waals surface area contributed by atoms with Gasteiger partial charge in [-0.1, -0.05) is 38.0 Å². The van der Waals surface area contributed by atoms with Gasteiger partial charge in [-0.15, -0.1) is 0 Å². The molecule has 0 bridgehead atoms. The predicted octanol–water partition coefficient (Wildman–Crippen LogP) is 3.96. The Kier molecular flexibility index (Phi) is 4.61. The molecule has 3 nitrogen and oxygen atoms in total. The second-order valence-corrected chi connectivity index (χ2v) is 6.17. The van der Waals surface area contributed by atoms with E-state index in [4.69, 9.17) is 4.42 Å². The van der Waals surface area contributed by atoms with E-state index in [9.17, 15) is 0 Å². The van der Waals surface area contributed by atoms with Crippen LogP contribution in [0.4, 0.5) is 0 Å². The lowest BCUT2D eigenvalue weighted by atomic mass is 10.1. The molecule has 1 aliphatic carbocycles. The number of para-hydroxylation sites is 1. The first-order valence-electron chi connectivity index (χ1n) is 8.20. The van der Waals surface area contributed by atoms with Crippen molar-refractivity contribution in [2.24, 2.45) is 0 Å². The third-order valence-corrected chi connectivity index (χ3v) is 4.66. The number of fused-ring (bicyclic) bond motifs is 1. The highest BCUT2D eigenvalue weighted by Crippen LogP contribution is 2.27. The van der Waals surface area contributed by atoms with E-state index in [1.165, 1.54) is 31.1 Å². The summed E-state index contributed by atoms with van der Waals surface area (Å²) in [5.74, 6) is 1.06. The molecular weight excluding hydrogens is 260 g/mol. The summed E-state index contributed by atoms with van der Waals surface area (Å²) < 4.78 is 6.06. The minimum atomic E-state index is 0.271. The first-order chi connectivity index (χ1) is 10.3. The maximum atomic E-state index is 6.06. The molecule has 1 aromatic carbocycles. The smallest absolute Gasteiger partial charge is 0.134 e. The summed E-state index contributed by atoms with van der Waals surface area (Å²) in [5, 5.41) is 4.77. The van der Waals surface area contributed by atoms with Crippen LogP contribution in [0.2, 0.25) is 0 Å². The summed E-state index contributed by atoms with van der Waals surface area (Å²) in [6.45, 7) is 4.13. The molecule has 3 heteroatoms. The van der Waals surface area contributed by atoms with E-state index in [1.807, 2.05) is 12.1 Å². The van der Waals surface area contributed by atoms with Gasteiger partial charge in [-0.05, 0) is 38.6 Å². The van der Waals surface area contributed by atoms with Crippen molar-refractivity contribution in [1.82, 2.24) is 10.2 Å². The lowest BCUT2D eigenvalue weighted by Gasteiger charge is -2.28. The quantitative estimate of drug-likeness (QED) is 0.871. The summed E-state index contributed by atoms with van der Waals surface area (Å²) in [6, 6.07) is 11.5. The van der Waals surface area contributed by atoms with Crippen LogP contribution >= 0.6 is 0 Å². The maximum Gasteiger partial charge on any atom is 0.134 e. The van der Waals surface area contributed by atoms with Gasteiger partial charge in [-0.3, -0.25) is 0 Å². The molecule has 0 saturated heterocycles. The molecule has 1 aromatic heterocycles. The van der Waals surface area contributed by atoms with E-state index in [-0.39, 0.29) is 6.04 Å². The SMILES string of the molecule is CCNC(CN(C)C1CCCC1)c1cc2ccccc2o1. The number of rotatable bonds is 6. The highest BCUT2D eigenvalue weighted by molar-refractivity contribution is 5.77. The molecule has 21 heavy (non-hydrogen) atoms. The minimum absolute atomic E-state index is 0.271. The molecule has 0 aliphatic heterocycles. The molecule has 2 aromatic rings. The lowest BCUT2D eigenvalue weighted by Crippen LogP contribution is -2.37. The fourth-order valence-electron chi connectivity index (χ4n) is 3.46. The fourth-order valence-corrected chi connectivity index (χ4v) is 3.46. The van der Waals surface area contributed by atoms with Crippen molar-refractivity contribution in [3.8, 4) is 0 Å². The molecular formula is C18H26N2O. The average Bonchev–Trinajstić information content (AvgIpc) is 3.15. The van der Waals surface area contributed by atoms with Crippen LogP contribution in [0.3, 0.4) is 0 Å². The highest BCUT2D eigenvalue weighted by Gasteiger charge is 2.24. The van der Waals surface area contributed by atoms with E-state index in [2.05, 4.69) is 42.4 Å². The van der Waals surface area contributed by atoms with Gasteiger partial charge in [0.25, 0.3) is 0 Å². The first kappa shape index (κ1) is 14.6. The topological polar surface area (TPSA) is 28.4 Å². The second-order valence-electron chi connectivity index (χ2n) is 6.17. The predicted molar refractivity (Wildman–Crippen MR) is 87.5 cm³/mol. The van der Waals surface area contributed by atoms with Gasteiger partial charge in [0.2, 0.25) is 0 Å². The Morgan fingerprint density at radius 1 is 1.29 bits per heavy atom. The Bertz CT molecular complexity index is 538. The zero-order valence-electron chi connectivity index (χ0n) is 13.1. The van der Waals surface area contributed by atoms with Gasteiger partial charge in [-0.25, -0.2) is 0 Å². The van der Waals surface area contributed by atoms with Crippen molar-refractivity contribution in [3.63, 3.8) is 0 Å². The van der Waals surface area contributed by atoms with E-state index < -0.39 is 0 Å². The Morgan fingerprint density at radius 2 is 2.05 bits per heavy atom. The van der Waals surface area contributed by atoms with Crippen molar-refractivity contribution in [1.29, 1.82) is 0 Å². The summed E-state index contributed by atoms with van der Waals surface area (Å²) in [7, 11) is 2.25. The van der Waals surface area contributed by atoms with Gasteiger partial charge in [0.15, 0.2) is 0 Å². The summed E-state index contributed by atoms with van der Waals surface area (Å²) >= 11 is 0. The van der Waals surface area contributed by atoms with Crippen molar-refractivity contribution >= 4 is 11.0 Å². The monoisotopic (exact) mass is 286 g/mol. The number of furan rings is 1. The molecule has 114 valence electrons. The van der Waals surface area contributed by atoms with Gasteiger partial charge in [0.1, 0.15) is 11.3 Å². The molecule has 1 N–H and O–H groups in total. The van der Waals surface area contributed by atoms with Crippen LogP contribution in [0.25, 0.3) is 11.0 Å². The Hall–Kier alpha value is -1.32. The molecule has 3 rings (SSSR count). The highest BCUT2D eigenvalue weighted by atomic mass is 16.3. The lowest BCUT2D eigenvalue weighted by molar-refractivity contribution is 0.210. The van der Waals surface area contributed by atoms with Gasteiger partial charge < -0.3 is 14.6 Å². The second kappa shape index (κ2) is 6.63. The number of nitrogens with one attached hydrogen (secondary N) is 1. The molecule has 1 unspecified atom stereocenters. The van der Waals surface area contributed by atoms with E-state index in [0.29, 0.717) is 0 Å². The van der Waals surface area contributed by atoms with E-state index in [0.717, 1.165) is 30.5 Å². The van der Waals surface area contributed by atoms with Crippen molar-refractivity contribution in [3.05, 3.63) is 36.1 Å². The van der Waals surface area contributed by atoms with Crippen LogP contribution in [0, 0.1) is 0 Å². The van der Waals surface area contributed by atoms with Crippen LogP contribution in [0.15, 0.2) is 34.7 Å². The van der Waals surface area contributed by atoms with Crippen LogP contribution in [0.5, 0.6) is 0 Å². The molecule has 0 spiro atoms. The third kappa shape index (κ3) is 3.30. The number of nitrogens with zero attached hydrogens (tertiary/aromatic N) is 1. The fraction of sp³-hybridized carbons (Fsp3) is 0.556. The van der Waals surface area contributed by atoms with Crippen LogP contribution in [0.1, 0.15) is 44.4 Å². The third-order valence-electron chi connectivity index (χ3n) is 4.66. The average molecular weight is 286 g/mol. The minimum Gasteiger partial charge on any atom is -0.459 e. The zero-order valence-corrected chi connectivity index (χ0v) is 13.1. The van der Waals surface area contributed by atoms with Crippen molar-refractivity contribution in [2.75, 3.05) is 20.1 Å². The molecule has 1 saturated carbocycles. The number of likely N-dealkylation sites (N-methyl/N-ethyl adjacent to an activating group) is 2. The number of benzene rings is 1. The van der Waals surface area contributed by atoms with Gasteiger partial charge >= 0.3 is 0 Å². The molecule has 1 heterocycles. The van der Waals surface area contributed by atoms with Crippen LogP contribution < -0.4 is 5.32 Å². The van der Waals surface area contributed by atoms with Crippen LogP contribution in [-0.4, -0.2) is 31.1 Å². The van der Waals surface area contributed by atoms with E-state index in [1.54, 1.807) is 0 Å². The largest absolute Gasteiger partial charge is 0.459 e. The molecule has 0 amide bonds. The standard InChI is InChI=1S/C18H26N2O/c1-3-19-16(13-20(2)15-9-5-6-10-15)18-12-14-8-4-7-11-17(14)21-18/h4,7-8,11-12,15-16,19H,3,5-6,9-10,13H2,1-2H3. The Labute approximate surface area is 127 Å². The van der Waals surface area contributed by atoms with Crippen molar-refractivity contribution in [2.45, 2.75) is 44.7 Å². The molecule has 1 fully saturated rings. The Balaban J connectivity index is 1.76. The van der Waals surface area contributed by atoms with Crippen LogP contribution in [-0.2, 0) is 0 Å². The normalized spacial score (nSPS) is 17.9. The summed E-state index contributed by atoms with van der Waals surface area (Å²) in [4.78, 5) is 2.51. The van der Waals surface area contributed by atoms with Gasteiger partial charge in [0, 0.05) is 18.0 Å². The first-order valence-corrected chi connectivity index (χ1v) is 8.20. The Morgan fingerprint density at radius 3 is 2.76 bits per heavy atom. The van der Waals surface area contributed by atoms with E-state index >= 15 is 0 Å². The zero-order chi connectivity index (χ0) is 14.7. The number of hydrogen-bond acceptors (Lipinski definition) is 3. The molecule has 0 radical (unpaired) electrons. The van der Waals surface area contributed by atoms with Crippen molar-refractivity contribution < 1.29 is 4.42 Å². The van der Waals surface area contributed by atoms with Gasteiger partial charge in [0.05, 0.1) is 6.04 Å². The molecule has 1 aliphatic rings. The number of hydrogen-bond donors (Lipinski definition) is 1. The maximum absolute atomic E-state index is 6.06.